The third kappa shape index (κ3) is 5.81. The van der Waals surface area contributed by atoms with Crippen LogP contribution in [0.25, 0.3) is 18.2 Å². The molecular formula is C30H24O3. The first-order valence-electron chi connectivity index (χ1n) is 10.5. The molecule has 0 saturated carbocycles. The summed E-state index contributed by atoms with van der Waals surface area (Å²) in [5, 5.41) is 0. The molecule has 3 heteroatoms. The molecule has 4 aromatic carbocycles. The van der Waals surface area contributed by atoms with E-state index in [2.05, 4.69) is 19.7 Å². The molecule has 4 rings (SSSR count). The molecule has 0 bridgehead atoms. The number of benzene rings is 4. The van der Waals surface area contributed by atoms with Gasteiger partial charge in [-0.1, -0.05) is 74.4 Å². The van der Waals surface area contributed by atoms with Crippen molar-refractivity contribution in [1.82, 2.24) is 0 Å². The van der Waals surface area contributed by atoms with Crippen LogP contribution in [0.15, 0.2) is 111 Å². The van der Waals surface area contributed by atoms with E-state index >= 15 is 0 Å². The molecule has 0 fully saturated rings. The van der Waals surface area contributed by atoms with E-state index in [1.165, 1.54) is 0 Å². The minimum Gasteiger partial charge on any atom is -0.457 e. The van der Waals surface area contributed by atoms with Crippen molar-refractivity contribution in [2.75, 3.05) is 0 Å². The second-order valence-electron chi connectivity index (χ2n) is 7.27. The number of ether oxygens (including phenoxy) is 3. The Kier molecular flexibility index (Phi) is 6.72. The SMILES string of the molecule is C=Cc1ccc(Oc2cc(Oc3ccc(C=C)cc3)cc(Oc3ccc(C=C)cc3)c2)cc1. The molecule has 0 spiro atoms. The maximum Gasteiger partial charge on any atom is 0.134 e. The second kappa shape index (κ2) is 10.2. The molecular weight excluding hydrogens is 408 g/mol. The second-order valence-corrected chi connectivity index (χ2v) is 7.27. The van der Waals surface area contributed by atoms with E-state index in [1.54, 1.807) is 18.2 Å². The minimum absolute atomic E-state index is 0.597. The normalized spacial score (nSPS) is 10.2. The van der Waals surface area contributed by atoms with Crippen LogP contribution in [0.3, 0.4) is 0 Å². The summed E-state index contributed by atoms with van der Waals surface area (Å²) in [7, 11) is 0. The highest BCUT2D eigenvalue weighted by Crippen LogP contribution is 2.35. The Balaban J connectivity index is 1.63. The summed E-state index contributed by atoms with van der Waals surface area (Å²) in [5.41, 5.74) is 3.07. The van der Waals surface area contributed by atoms with Crippen LogP contribution in [-0.4, -0.2) is 0 Å². The molecule has 0 aliphatic carbocycles. The van der Waals surface area contributed by atoms with E-state index in [0.29, 0.717) is 34.5 Å². The van der Waals surface area contributed by atoms with Gasteiger partial charge in [-0.3, -0.25) is 0 Å². The number of rotatable bonds is 9. The molecule has 4 aromatic rings. The van der Waals surface area contributed by atoms with Gasteiger partial charge in [-0.2, -0.15) is 0 Å². The monoisotopic (exact) mass is 432 g/mol. The molecule has 0 N–H and O–H groups in total. The van der Waals surface area contributed by atoms with E-state index in [9.17, 15) is 0 Å². The quantitative estimate of drug-likeness (QED) is 0.264. The van der Waals surface area contributed by atoms with Crippen molar-refractivity contribution in [3.05, 3.63) is 127 Å². The molecule has 0 saturated heterocycles. The topological polar surface area (TPSA) is 27.7 Å². The lowest BCUT2D eigenvalue weighted by Crippen LogP contribution is -1.91. The van der Waals surface area contributed by atoms with Gasteiger partial charge in [0.2, 0.25) is 0 Å². The van der Waals surface area contributed by atoms with Gasteiger partial charge in [-0.05, 0) is 53.1 Å². The van der Waals surface area contributed by atoms with Crippen LogP contribution in [0.1, 0.15) is 16.7 Å². The van der Waals surface area contributed by atoms with E-state index in [0.717, 1.165) is 16.7 Å². The minimum atomic E-state index is 0.597. The molecule has 0 unspecified atom stereocenters. The molecule has 0 heterocycles. The van der Waals surface area contributed by atoms with E-state index < -0.39 is 0 Å². The van der Waals surface area contributed by atoms with E-state index in [4.69, 9.17) is 14.2 Å². The highest BCUT2D eigenvalue weighted by Gasteiger charge is 2.08. The molecule has 3 nitrogen and oxygen atoms in total. The Morgan fingerprint density at radius 2 is 0.606 bits per heavy atom. The Labute approximate surface area is 194 Å². The van der Waals surface area contributed by atoms with Gasteiger partial charge in [0.25, 0.3) is 0 Å². The Hall–Kier alpha value is -4.50. The van der Waals surface area contributed by atoms with Gasteiger partial charge in [-0.25, -0.2) is 0 Å². The van der Waals surface area contributed by atoms with Gasteiger partial charge >= 0.3 is 0 Å². The summed E-state index contributed by atoms with van der Waals surface area (Å²) in [6.45, 7) is 11.4. The zero-order chi connectivity index (χ0) is 23.0. The largest absolute Gasteiger partial charge is 0.457 e. The zero-order valence-corrected chi connectivity index (χ0v) is 18.2. The van der Waals surface area contributed by atoms with Gasteiger partial charge in [-0.15, -0.1) is 0 Å². The highest BCUT2D eigenvalue weighted by atomic mass is 16.5. The zero-order valence-electron chi connectivity index (χ0n) is 18.2. The summed E-state index contributed by atoms with van der Waals surface area (Å²) in [6, 6.07) is 28.5. The molecule has 0 aromatic heterocycles. The third-order valence-electron chi connectivity index (χ3n) is 4.91. The molecule has 0 atom stereocenters. The van der Waals surface area contributed by atoms with Crippen molar-refractivity contribution in [2.45, 2.75) is 0 Å². The van der Waals surface area contributed by atoms with Crippen LogP contribution in [0.5, 0.6) is 34.5 Å². The maximum atomic E-state index is 6.09. The van der Waals surface area contributed by atoms with Gasteiger partial charge < -0.3 is 14.2 Å². The predicted molar refractivity (Wildman–Crippen MR) is 136 cm³/mol. The maximum absolute atomic E-state index is 6.09. The van der Waals surface area contributed by atoms with Crippen LogP contribution in [0.4, 0.5) is 0 Å². The fourth-order valence-corrected chi connectivity index (χ4v) is 3.15. The first-order valence-corrected chi connectivity index (χ1v) is 10.5. The summed E-state index contributed by atoms with van der Waals surface area (Å²) < 4.78 is 18.3. The molecule has 0 aliphatic heterocycles. The van der Waals surface area contributed by atoms with Crippen molar-refractivity contribution in [3.63, 3.8) is 0 Å². The lowest BCUT2D eigenvalue weighted by atomic mass is 10.2. The highest BCUT2D eigenvalue weighted by molar-refractivity contribution is 5.52. The predicted octanol–water partition coefficient (Wildman–Crippen LogP) is 8.99. The van der Waals surface area contributed by atoms with Crippen molar-refractivity contribution >= 4 is 18.2 Å². The average molecular weight is 433 g/mol. The molecule has 162 valence electrons. The standard InChI is InChI=1S/C30H24O3/c1-4-22-7-13-25(14-8-22)31-28-19-29(32-26-15-9-23(5-2)10-16-26)21-30(20-28)33-27-17-11-24(6-3)12-18-27/h4-21H,1-3H2. The number of hydrogen-bond donors (Lipinski definition) is 0. The number of hydrogen-bond acceptors (Lipinski definition) is 3. The van der Waals surface area contributed by atoms with Crippen LogP contribution in [-0.2, 0) is 0 Å². The summed E-state index contributed by atoms with van der Waals surface area (Å²) in [5.74, 6) is 3.90. The first kappa shape index (κ1) is 21.7. The molecule has 0 radical (unpaired) electrons. The first-order chi connectivity index (χ1) is 16.1. The van der Waals surface area contributed by atoms with Crippen LogP contribution >= 0.6 is 0 Å². The van der Waals surface area contributed by atoms with Crippen molar-refractivity contribution in [2.24, 2.45) is 0 Å². The van der Waals surface area contributed by atoms with Gasteiger partial charge in [0.05, 0.1) is 0 Å². The van der Waals surface area contributed by atoms with Crippen molar-refractivity contribution < 1.29 is 14.2 Å². The summed E-state index contributed by atoms with van der Waals surface area (Å²) in [4.78, 5) is 0. The Morgan fingerprint density at radius 3 is 0.818 bits per heavy atom. The fraction of sp³-hybridized carbons (Fsp3) is 0. The van der Waals surface area contributed by atoms with Crippen LogP contribution in [0.2, 0.25) is 0 Å². The molecule has 0 amide bonds. The van der Waals surface area contributed by atoms with Gasteiger partial charge in [0.1, 0.15) is 34.5 Å². The lowest BCUT2D eigenvalue weighted by molar-refractivity contribution is 0.440. The fourth-order valence-electron chi connectivity index (χ4n) is 3.15. The van der Waals surface area contributed by atoms with Crippen LogP contribution < -0.4 is 14.2 Å². The molecule has 33 heavy (non-hydrogen) atoms. The summed E-state index contributed by atoms with van der Waals surface area (Å²) >= 11 is 0. The van der Waals surface area contributed by atoms with E-state index in [-0.39, 0.29) is 0 Å². The van der Waals surface area contributed by atoms with Crippen LogP contribution in [0, 0.1) is 0 Å². The average Bonchev–Trinajstić information content (AvgIpc) is 2.85. The molecule has 0 aliphatic rings. The third-order valence-corrected chi connectivity index (χ3v) is 4.91. The Bertz CT molecular complexity index is 1080. The van der Waals surface area contributed by atoms with Gasteiger partial charge in [0.15, 0.2) is 0 Å². The smallest absolute Gasteiger partial charge is 0.134 e. The van der Waals surface area contributed by atoms with Crippen molar-refractivity contribution in [3.8, 4) is 34.5 Å². The van der Waals surface area contributed by atoms with Crippen molar-refractivity contribution in [1.29, 1.82) is 0 Å². The van der Waals surface area contributed by atoms with E-state index in [1.807, 2.05) is 91.0 Å². The Morgan fingerprint density at radius 1 is 0.364 bits per heavy atom. The summed E-state index contributed by atoms with van der Waals surface area (Å²) in [6.07, 6.45) is 5.37. The van der Waals surface area contributed by atoms with Gasteiger partial charge in [0, 0.05) is 18.2 Å². The lowest BCUT2D eigenvalue weighted by Gasteiger charge is -2.13.